The van der Waals surface area contributed by atoms with Crippen LogP contribution in [0.25, 0.3) is 0 Å². The van der Waals surface area contributed by atoms with E-state index in [2.05, 4.69) is 0 Å². The van der Waals surface area contributed by atoms with Crippen molar-refractivity contribution in [2.45, 2.75) is 31.9 Å². The predicted octanol–water partition coefficient (Wildman–Crippen LogP) is 4.59. The van der Waals surface area contributed by atoms with Gasteiger partial charge in [0, 0.05) is 5.56 Å². The quantitative estimate of drug-likeness (QED) is 0.657. The lowest BCUT2D eigenvalue weighted by molar-refractivity contribution is -0.348. The summed E-state index contributed by atoms with van der Waals surface area (Å²) < 4.78 is 88.5. The minimum absolute atomic E-state index is 0.396. The molecule has 0 aromatic heterocycles. The number of hydrogen-bond donors (Lipinski definition) is 0. The SMILES string of the molecule is Cc1ccc(C(F)(C(F)(F)F)C(F)(F)F)c(C)c1. The molecule has 102 valence electrons. The van der Waals surface area contributed by atoms with Crippen molar-refractivity contribution in [1.82, 2.24) is 0 Å². The number of hydrogen-bond acceptors (Lipinski definition) is 0. The highest BCUT2D eigenvalue weighted by Crippen LogP contribution is 2.53. The minimum Gasteiger partial charge on any atom is -0.218 e. The first-order chi connectivity index (χ1) is 7.91. The van der Waals surface area contributed by atoms with Crippen LogP contribution < -0.4 is 0 Å². The molecular weight excluding hydrogens is 265 g/mol. The molecule has 1 aromatic rings. The molecule has 0 saturated carbocycles. The van der Waals surface area contributed by atoms with Crippen LogP contribution in [-0.4, -0.2) is 12.4 Å². The maximum atomic E-state index is 13.7. The van der Waals surface area contributed by atoms with E-state index in [4.69, 9.17) is 0 Å². The van der Waals surface area contributed by atoms with E-state index in [0.717, 1.165) is 19.1 Å². The van der Waals surface area contributed by atoms with Crippen molar-refractivity contribution in [3.63, 3.8) is 0 Å². The van der Waals surface area contributed by atoms with Gasteiger partial charge in [-0.2, -0.15) is 26.3 Å². The Balaban J connectivity index is 3.56. The smallest absolute Gasteiger partial charge is 0.218 e. The van der Waals surface area contributed by atoms with Crippen LogP contribution >= 0.6 is 0 Å². The van der Waals surface area contributed by atoms with Gasteiger partial charge in [-0.05, 0) is 19.4 Å². The molecule has 0 saturated heterocycles. The van der Waals surface area contributed by atoms with Gasteiger partial charge in [-0.25, -0.2) is 4.39 Å². The second-order valence-corrected chi connectivity index (χ2v) is 3.97. The molecule has 1 aromatic carbocycles. The van der Waals surface area contributed by atoms with Crippen LogP contribution in [0.15, 0.2) is 18.2 Å². The number of benzene rings is 1. The van der Waals surface area contributed by atoms with Crippen molar-refractivity contribution < 1.29 is 30.7 Å². The summed E-state index contributed by atoms with van der Waals surface area (Å²) >= 11 is 0. The molecular formula is C11H9F7. The highest BCUT2D eigenvalue weighted by Gasteiger charge is 2.73. The summed E-state index contributed by atoms with van der Waals surface area (Å²) in [5.74, 6) is 0. The van der Waals surface area contributed by atoms with Crippen molar-refractivity contribution in [1.29, 1.82) is 0 Å². The van der Waals surface area contributed by atoms with Crippen LogP contribution in [0.3, 0.4) is 0 Å². The summed E-state index contributed by atoms with van der Waals surface area (Å²) in [5.41, 5.74) is -6.72. The van der Waals surface area contributed by atoms with Crippen LogP contribution in [0.5, 0.6) is 0 Å². The van der Waals surface area contributed by atoms with Crippen LogP contribution in [0, 0.1) is 13.8 Å². The molecule has 0 unspecified atom stereocenters. The molecule has 0 spiro atoms. The molecule has 0 aliphatic rings. The van der Waals surface area contributed by atoms with E-state index >= 15 is 0 Å². The lowest BCUT2D eigenvalue weighted by Crippen LogP contribution is -2.50. The molecule has 0 aliphatic heterocycles. The molecule has 0 N–H and O–H groups in total. The predicted molar refractivity (Wildman–Crippen MR) is 50.8 cm³/mol. The first-order valence-corrected chi connectivity index (χ1v) is 4.81. The molecule has 0 bridgehead atoms. The maximum Gasteiger partial charge on any atom is 0.435 e. The first kappa shape index (κ1) is 14.8. The van der Waals surface area contributed by atoms with Crippen LogP contribution in [0.1, 0.15) is 16.7 Å². The molecule has 0 fully saturated rings. The topological polar surface area (TPSA) is 0 Å². The second-order valence-electron chi connectivity index (χ2n) is 3.97. The summed E-state index contributed by atoms with van der Waals surface area (Å²) in [4.78, 5) is 0. The molecule has 0 nitrogen and oxygen atoms in total. The summed E-state index contributed by atoms with van der Waals surface area (Å²) in [6.07, 6.45) is -12.1. The minimum atomic E-state index is -6.06. The average Bonchev–Trinajstić information content (AvgIpc) is 2.12. The van der Waals surface area contributed by atoms with Crippen molar-refractivity contribution in [3.05, 3.63) is 34.9 Å². The van der Waals surface area contributed by atoms with Crippen molar-refractivity contribution in [2.75, 3.05) is 0 Å². The van der Waals surface area contributed by atoms with Gasteiger partial charge in [-0.15, -0.1) is 0 Å². The summed E-state index contributed by atoms with van der Waals surface area (Å²) in [7, 11) is 0. The van der Waals surface area contributed by atoms with Gasteiger partial charge in [0.05, 0.1) is 0 Å². The lowest BCUT2D eigenvalue weighted by Gasteiger charge is -2.31. The zero-order chi connectivity index (χ0) is 14.4. The Labute approximate surface area is 98.4 Å². The summed E-state index contributed by atoms with van der Waals surface area (Å²) in [6, 6.07) is 2.60. The Kier molecular flexibility index (Phi) is 3.40. The fraction of sp³-hybridized carbons (Fsp3) is 0.455. The van der Waals surface area contributed by atoms with E-state index in [1.807, 2.05) is 0 Å². The molecule has 0 heterocycles. The van der Waals surface area contributed by atoms with Crippen molar-refractivity contribution in [3.8, 4) is 0 Å². The molecule has 0 atom stereocenters. The molecule has 7 heteroatoms. The van der Waals surface area contributed by atoms with Gasteiger partial charge in [0.2, 0.25) is 0 Å². The molecule has 0 amide bonds. The monoisotopic (exact) mass is 274 g/mol. The Morgan fingerprint density at radius 2 is 1.22 bits per heavy atom. The number of halogens is 7. The normalized spacial score (nSPS) is 13.8. The van der Waals surface area contributed by atoms with Gasteiger partial charge < -0.3 is 0 Å². The third-order valence-corrected chi connectivity index (χ3v) is 2.53. The fourth-order valence-electron chi connectivity index (χ4n) is 1.67. The van der Waals surface area contributed by atoms with E-state index in [1.165, 1.54) is 6.92 Å². The van der Waals surface area contributed by atoms with E-state index in [-0.39, 0.29) is 0 Å². The second kappa shape index (κ2) is 4.13. The third-order valence-electron chi connectivity index (χ3n) is 2.53. The molecule has 0 aliphatic carbocycles. The van der Waals surface area contributed by atoms with Crippen molar-refractivity contribution in [2.24, 2.45) is 0 Å². The van der Waals surface area contributed by atoms with E-state index < -0.39 is 29.1 Å². The van der Waals surface area contributed by atoms with Crippen LogP contribution in [0.2, 0.25) is 0 Å². The van der Waals surface area contributed by atoms with Gasteiger partial charge >= 0.3 is 18.0 Å². The van der Waals surface area contributed by atoms with E-state index in [1.54, 1.807) is 0 Å². The first-order valence-electron chi connectivity index (χ1n) is 4.81. The molecule has 18 heavy (non-hydrogen) atoms. The van der Waals surface area contributed by atoms with Crippen LogP contribution in [-0.2, 0) is 5.67 Å². The van der Waals surface area contributed by atoms with Gasteiger partial charge in [0.25, 0.3) is 0 Å². The number of aryl methyl sites for hydroxylation is 2. The van der Waals surface area contributed by atoms with E-state index in [0.29, 0.717) is 11.6 Å². The highest BCUT2D eigenvalue weighted by molar-refractivity contribution is 5.37. The van der Waals surface area contributed by atoms with Gasteiger partial charge in [0.15, 0.2) is 0 Å². The summed E-state index contributed by atoms with van der Waals surface area (Å²) in [6.45, 7) is 2.49. The zero-order valence-corrected chi connectivity index (χ0v) is 9.38. The maximum absolute atomic E-state index is 13.7. The van der Waals surface area contributed by atoms with Gasteiger partial charge in [-0.1, -0.05) is 23.8 Å². The molecule has 1 rings (SSSR count). The number of rotatable bonds is 1. The Morgan fingerprint density at radius 1 is 0.778 bits per heavy atom. The largest absolute Gasteiger partial charge is 0.435 e. The Hall–Kier alpha value is -1.27. The average molecular weight is 274 g/mol. The Bertz CT molecular complexity index is 428. The number of alkyl halides is 7. The lowest BCUT2D eigenvalue weighted by atomic mass is 9.89. The third kappa shape index (κ3) is 2.18. The van der Waals surface area contributed by atoms with E-state index in [9.17, 15) is 30.7 Å². The summed E-state index contributed by atoms with van der Waals surface area (Å²) in [5, 5.41) is 0. The fourth-order valence-corrected chi connectivity index (χ4v) is 1.67. The molecule has 0 radical (unpaired) electrons. The zero-order valence-electron chi connectivity index (χ0n) is 9.38. The van der Waals surface area contributed by atoms with Crippen LogP contribution in [0.4, 0.5) is 30.7 Å². The van der Waals surface area contributed by atoms with Gasteiger partial charge in [0.1, 0.15) is 0 Å². The standard InChI is InChI=1S/C11H9F7/c1-6-3-4-8(7(2)5-6)9(12,10(13,14)15)11(16,17)18/h3-5H,1-2H3. The highest BCUT2D eigenvalue weighted by atomic mass is 19.4. The van der Waals surface area contributed by atoms with Crippen molar-refractivity contribution >= 4 is 0 Å². The van der Waals surface area contributed by atoms with Gasteiger partial charge in [-0.3, -0.25) is 0 Å². The Morgan fingerprint density at radius 3 is 1.56 bits per heavy atom.